The van der Waals surface area contributed by atoms with Crippen LogP contribution in [0.4, 0.5) is 0 Å². The van der Waals surface area contributed by atoms with Gasteiger partial charge >= 0.3 is 0 Å². The first-order valence-corrected chi connectivity index (χ1v) is 6.18. The summed E-state index contributed by atoms with van der Waals surface area (Å²) in [5.74, 6) is -0.541. The predicted molar refractivity (Wildman–Crippen MR) is 66.3 cm³/mol. The van der Waals surface area contributed by atoms with Gasteiger partial charge in [0.15, 0.2) is 17.3 Å². The predicted octanol–water partition coefficient (Wildman–Crippen LogP) is 3.23. The van der Waals surface area contributed by atoms with E-state index in [9.17, 15) is 9.90 Å². The number of benzene rings is 1. The molecule has 1 unspecified atom stereocenters. The van der Waals surface area contributed by atoms with Crippen LogP contribution in [0.25, 0.3) is 0 Å². The minimum absolute atomic E-state index is 0.0660. The largest absolute Gasteiger partial charge is 0.504 e. The highest BCUT2D eigenvalue weighted by atomic mass is 79.9. The van der Waals surface area contributed by atoms with E-state index in [-0.39, 0.29) is 22.1 Å². The molecule has 1 aromatic rings. The average Bonchev–Trinajstić information content (AvgIpc) is 2.28. The molecule has 1 aromatic carbocycles. The average molecular weight is 287 g/mol. The molecule has 3 nitrogen and oxygen atoms in total. The molecule has 0 bridgehead atoms. The van der Waals surface area contributed by atoms with Crippen LogP contribution in [0.1, 0.15) is 36.5 Å². The monoisotopic (exact) mass is 286 g/mol. The number of hydrogen-bond acceptors (Lipinski definition) is 3. The third-order valence-electron chi connectivity index (χ3n) is 2.36. The molecule has 0 saturated heterocycles. The van der Waals surface area contributed by atoms with Gasteiger partial charge in [0, 0.05) is 5.56 Å². The SMILES string of the molecule is CCCCC(Br)C(=O)c1ccc(O)c(O)c1. The maximum Gasteiger partial charge on any atom is 0.176 e. The Labute approximate surface area is 103 Å². The quantitative estimate of drug-likeness (QED) is 0.496. The van der Waals surface area contributed by atoms with Crippen LogP contribution in [-0.4, -0.2) is 20.8 Å². The van der Waals surface area contributed by atoms with Crippen molar-refractivity contribution in [3.63, 3.8) is 0 Å². The van der Waals surface area contributed by atoms with Crippen molar-refractivity contribution in [2.24, 2.45) is 0 Å². The zero-order chi connectivity index (χ0) is 12.1. The number of aromatic hydroxyl groups is 2. The van der Waals surface area contributed by atoms with Gasteiger partial charge < -0.3 is 10.2 Å². The second kappa shape index (κ2) is 5.89. The summed E-state index contributed by atoms with van der Waals surface area (Å²) < 4.78 is 0. The molecular formula is C12H15BrO3. The molecule has 2 N–H and O–H groups in total. The normalized spacial score (nSPS) is 12.4. The Bertz CT molecular complexity index is 377. The van der Waals surface area contributed by atoms with Gasteiger partial charge in [-0.05, 0) is 24.6 Å². The fourth-order valence-corrected chi connectivity index (χ4v) is 1.96. The van der Waals surface area contributed by atoms with Gasteiger partial charge in [-0.25, -0.2) is 0 Å². The van der Waals surface area contributed by atoms with E-state index in [1.54, 1.807) is 0 Å². The maximum atomic E-state index is 11.9. The molecule has 0 aliphatic carbocycles. The molecule has 1 atom stereocenters. The minimum Gasteiger partial charge on any atom is -0.504 e. The first-order valence-electron chi connectivity index (χ1n) is 5.26. The fourth-order valence-electron chi connectivity index (χ4n) is 1.37. The van der Waals surface area contributed by atoms with E-state index < -0.39 is 0 Å². The third-order valence-corrected chi connectivity index (χ3v) is 3.23. The van der Waals surface area contributed by atoms with Crippen molar-refractivity contribution in [2.75, 3.05) is 0 Å². The number of alkyl halides is 1. The van der Waals surface area contributed by atoms with Crippen LogP contribution in [0.5, 0.6) is 11.5 Å². The molecule has 0 fully saturated rings. The number of unbranched alkanes of at least 4 members (excludes halogenated alkanes) is 1. The number of ketones is 1. The lowest BCUT2D eigenvalue weighted by atomic mass is 10.0. The van der Waals surface area contributed by atoms with Gasteiger partial charge in [0.05, 0.1) is 4.83 Å². The molecule has 0 radical (unpaired) electrons. The van der Waals surface area contributed by atoms with Gasteiger partial charge in [0.1, 0.15) is 0 Å². The molecule has 88 valence electrons. The van der Waals surface area contributed by atoms with Crippen molar-refractivity contribution < 1.29 is 15.0 Å². The number of phenolic OH excluding ortho intramolecular Hbond substituents is 2. The molecule has 1 rings (SSSR count). The summed E-state index contributed by atoms with van der Waals surface area (Å²) in [6.45, 7) is 2.07. The molecule has 4 heteroatoms. The Morgan fingerprint density at radius 2 is 2.06 bits per heavy atom. The van der Waals surface area contributed by atoms with Crippen LogP contribution in [0.15, 0.2) is 18.2 Å². The van der Waals surface area contributed by atoms with Crippen LogP contribution >= 0.6 is 15.9 Å². The van der Waals surface area contributed by atoms with Gasteiger partial charge in [-0.1, -0.05) is 35.7 Å². The van der Waals surface area contributed by atoms with E-state index in [0.29, 0.717) is 5.56 Å². The van der Waals surface area contributed by atoms with Crippen molar-refractivity contribution in [1.29, 1.82) is 0 Å². The van der Waals surface area contributed by atoms with Crippen molar-refractivity contribution in [3.05, 3.63) is 23.8 Å². The maximum absolute atomic E-state index is 11.9. The van der Waals surface area contributed by atoms with Gasteiger partial charge in [-0.2, -0.15) is 0 Å². The van der Waals surface area contributed by atoms with Gasteiger partial charge in [0.25, 0.3) is 0 Å². The Morgan fingerprint density at radius 1 is 1.38 bits per heavy atom. The van der Waals surface area contributed by atoms with E-state index in [4.69, 9.17) is 5.11 Å². The molecule has 0 amide bonds. The highest BCUT2D eigenvalue weighted by Crippen LogP contribution is 2.26. The number of carbonyl (C=O) groups is 1. The van der Waals surface area contributed by atoms with E-state index in [1.165, 1.54) is 18.2 Å². The Kier molecular flexibility index (Phi) is 4.80. The van der Waals surface area contributed by atoms with E-state index >= 15 is 0 Å². The van der Waals surface area contributed by atoms with Gasteiger partial charge in [0.2, 0.25) is 0 Å². The summed E-state index contributed by atoms with van der Waals surface area (Å²) in [6.07, 6.45) is 2.79. The lowest BCUT2D eigenvalue weighted by molar-refractivity contribution is 0.0987. The zero-order valence-electron chi connectivity index (χ0n) is 9.11. The highest BCUT2D eigenvalue weighted by molar-refractivity contribution is 9.10. The van der Waals surface area contributed by atoms with E-state index in [2.05, 4.69) is 22.9 Å². The number of phenols is 2. The van der Waals surface area contributed by atoms with Crippen molar-refractivity contribution in [2.45, 2.75) is 31.0 Å². The number of rotatable bonds is 5. The number of hydrogen-bond donors (Lipinski definition) is 2. The Morgan fingerprint density at radius 3 is 2.62 bits per heavy atom. The molecule has 0 aromatic heterocycles. The number of Topliss-reactive ketones (excluding diaryl/α,β-unsaturated/α-hetero) is 1. The molecular weight excluding hydrogens is 272 g/mol. The van der Waals surface area contributed by atoms with Crippen LogP contribution in [0, 0.1) is 0 Å². The second-order valence-corrected chi connectivity index (χ2v) is 4.78. The van der Waals surface area contributed by atoms with Crippen molar-refractivity contribution in [3.8, 4) is 11.5 Å². The second-order valence-electron chi connectivity index (χ2n) is 3.68. The molecule has 0 spiro atoms. The van der Waals surface area contributed by atoms with Gasteiger partial charge in [-0.3, -0.25) is 4.79 Å². The lowest BCUT2D eigenvalue weighted by Crippen LogP contribution is -2.13. The molecule has 0 aliphatic rings. The fraction of sp³-hybridized carbons (Fsp3) is 0.417. The topological polar surface area (TPSA) is 57.5 Å². The first-order chi connectivity index (χ1) is 7.56. The zero-order valence-corrected chi connectivity index (χ0v) is 10.7. The molecule has 0 saturated carbocycles. The van der Waals surface area contributed by atoms with Crippen LogP contribution < -0.4 is 0 Å². The Hall–Kier alpha value is -1.03. The van der Waals surface area contributed by atoms with Crippen molar-refractivity contribution in [1.82, 2.24) is 0 Å². The van der Waals surface area contributed by atoms with E-state index in [1.807, 2.05) is 0 Å². The smallest absolute Gasteiger partial charge is 0.176 e. The number of carbonyl (C=O) groups excluding carboxylic acids is 1. The van der Waals surface area contributed by atoms with Crippen LogP contribution in [0.3, 0.4) is 0 Å². The molecule has 16 heavy (non-hydrogen) atoms. The molecule has 0 heterocycles. The summed E-state index contributed by atoms with van der Waals surface area (Å²) in [5.41, 5.74) is 0.410. The first kappa shape index (κ1) is 13.0. The molecule has 0 aliphatic heterocycles. The summed E-state index contributed by atoms with van der Waals surface area (Å²) >= 11 is 3.33. The summed E-state index contributed by atoms with van der Waals surface area (Å²) in [6, 6.07) is 4.12. The van der Waals surface area contributed by atoms with Crippen LogP contribution in [0.2, 0.25) is 0 Å². The standard InChI is InChI=1S/C12H15BrO3/c1-2-3-4-9(13)12(16)8-5-6-10(14)11(15)7-8/h5-7,9,14-15H,2-4H2,1H3. The minimum atomic E-state index is -0.263. The summed E-state index contributed by atoms with van der Waals surface area (Å²) in [5, 5.41) is 18.4. The van der Waals surface area contributed by atoms with Crippen LogP contribution in [-0.2, 0) is 0 Å². The van der Waals surface area contributed by atoms with Crippen molar-refractivity contribution >= 4 is 21.7 Å². The summed E-state index contributed by atoms with van der Waals surface area (Å²) in [7, 11) is 0. The number of halogens is 1. The lowest BCUT2D eigenvalue weighted by Gasteiger charge is -2.08. The van der Waals surface area contributed by atoms with E-state index in [0.717, 1.165) is 19.3 Å². The highest BCUT2D eigenvalue weighted by Gasteiger charge is 2.17. The Balaban J connectivity index is 2.76. The van der Waals surface area contributed by atoms with Gasteiger partial charge in [-0.15, -0.1) is 0 Å². The third kappa shape index (κ3) is 3.23. The summed E-state index contributed by atoms with van der Waals surface area (Å²) in [4.78, 5) is 11.6.